The summed E-state index contributed by atoms with van der Waals surface area (Å²) in [5, 5.41) is 23.4. The molecule has 0 aliphatic rings. The van der Waals surface area contributed by atoms with Crippen molar-refractivity contribution in [3.63, 3.8) is 0 Å². The Hall–Kier alpha value is -5.58. The molecule has 0 rings (SSSR count). The average molecular weight is 961 g/mol. The zero-order chi connectivity index (χ0) is 50.4. The zero-order valence-corrected chi connectivity index (χ0v) is 40.2. The highest BCUT2D eigenvalue weighted by Gasteiger charge is 2.38. The van der Waals surface area contributed by atoms with Crippen LogP contribution in [-0.2, 0) is 66.8 Å². The molecule has 7 amide bonds. The molecule has 384 valence electrons. The van der Waals surface area contributed by atoms with Crippen molar-refractivity contribution in [3.8, 4) is 0 Å². The molecule has 0 aliphatic carbocycles. The molecule has 0 spiro atoms. The molecule has 0 heterocycles. The van der Waals surface area contributed by atoms with Crippen LogP contribution in [0, 0.1) is 17.8 Å². The number of unbranched alkanes of at least 4 members (excludes halogenated alkanes) is 9. The molecule has 0 radical (unpaired) electrons. The summed E-state index contributed by atoms with van der Waals surface area (Å²) in [6.45, 7) is 10.6. The van der Waals surface area contributed by atoms with Crippen molar-refractivity contribution in [2.75, 3.05) is 78.9 Å². The van der Waals surface area contributed by atoms with Gasteiger partial charge in [-0.1, -0.05) is 38.5 Å². The fourth-order valence-corrected chi connectivity index (χ4v) is 6.16. The summed E-state index contributed by atoms with van der Waals surface area (Å²) in [6, 6.07) is -1.20. The molecule has 0 aromatic rings. The van der Waals surface area contributed by atoms with E-state index >= 15 is 0 Å². The van der Waals surface area contributed by atoms with E-state index in [1.807, 2.05) is 0 Å². The molecule has 6 N–H and O–H groups in total. The van der Waals surface area contributed by atoms with Crippen LogP contribution in [0.2, 0.25) is 0 Å². The lowest BCUT2D eigenvalue weighted by Gasteiger charge is -2.22. The highest BCUT2D eigenvalue weighted by molar-refractivity contribution is 6.15. The van der Waals surface area contributed by atoms with Crippen LogP contribution in [0.15, 0.2) is 0 Å². The molecule has 0 saturated heterocycles. The predicted molar refractivity (Wildman–Crippen MR) is 239 cm³/mol. The second kappa shape index (κ2) is 38.5. The Morgan fingerprint density at radius 1 is 0.388 bits per heavy atom. The van der Waals surface area contributed by atoms with Crippen molar-refractivity contribution in [1.29, 1.82) is 0 Å². The van der Waals surface area contributed by atoms with Crippen LogP contribution in [0.1, 0.15) is 119 Å². The third-order valence-electron chi connectivity index (χ3n) is 9.52. The fraction of sp³-hybridized carbons (Fsp3) is 0.773. The van der Waals surface area contributed by atoms with Gasteiger partial charge in [-0.05, 0) is 80.1 Å². The molecule has 0 saturated carbocycles. The van der Waals surface area contributed by atoms with Gasteiger partial charge in [0.2, 0.25) is 29.6 Å². The lowest BCUT2D eigenvalue weighted by Crippen LogP contribution is -2.49. The van der Waals surface area contributed by atoms with E-state index < -0.39 is 83.7 Å². The summed E-state index contributed by atoms with van der Waals surface area (Å²) < 4.78 is 29.3. The van der Waals surface area contributed by atoms with Crippen LogP contribution >= 0.6 is 0 Å². The van der Waals surface area contributed by atoms with E-state index in [2.05, 4.69) is 26.6 Å². The number of nitrogens with one attached hydrogen (secondary N) is 5. The maximum atomic E-state index is 13.3. The molecule has 23 heteroatoms. The number of rotatable bonds is 37. The number of imide groups is 1. The summed E-state index contributed by atoms with van der Waals surface area (Å²) >= 11 is 0. The Balaban J connectivity index is 5.13. The maximum absolute atomic E-state index is 13.3. The van der Waals surface area contributed by atoms with Crippen molar-refractivity contribution >= 4 is 59.6 Å². The van der Waals surface area contributed by atoms with Gasteiger partial charge in [-0.15, -0.1) is 0 Å². The van der Waals surface area contributed by atoms with E-state index in [-0.39, 0.29) is 78.9 Å². The van der Waals surface area contributed by atoms with Crippen molar-refractivity contribution in [3.05, 3.63) is 0 Å². The lowest BCUT2D eigenvalue weighted by atomic mass is 10.1. The second-order valence-corrected chi connectivity index (χ2v) is 14.7. The summed E-state index contributed by atoms with van der Waals surface area (Å²) in [5.74, 6) is -12.2. The summed E-state index contributed by atoms with van der Waals surface area (Å²) in [4.78, 5) is 126. The number of urea groups is 2. The highest BCUT2D eigenvalue weighted by atomic mass is 16.6. The van der Waals surface area contributed by atoms with E-state index in [4.69, 9.17) is 28.4 Å². The van der Waals surface area contributed by atoms with Crippen LogP contribution in [0.25, 0.3) is 0 Å². The number of carbonyl (C=O) groups is 10. The van der Waals surface area contributed by atoms with Crippen molar-refractivity contribution in [2.45, 2.75) is 125 Å². The Bertz CT molecular complexity index is 1420. The Morgan fingerprint density at radius 2 is 0.687 bits per heavy atom. The largest absolute Gasteiger partial charge is 0.465 e. The standard InChI is InChI=1S/C44H76N6O17/c1-7-62-37(54)31(38(55)63-8-2)34(51)45-25-19-13-15-22-28-48-43(60)50(30-24-18-17-21-27-47-36(53)33(41(58)66-11-5)42(59)67-12-6)44(61)49-29-23-16-14-20-26-46-35(52)32(39(56)64-9-3)40(57)65-10-4/h31-33,41,58H,7-30H2,1-6H3,(H,45,51)(H,46,52)(H,47,53)(H,48,60)(H,49,61). The van der Waals surface area contributed by atoms with Crippen LogP contribution in [0.5, 0.6) is 0 Å². The Labute approximate surface area is 393 Å². The molecule has 0 aromatic carbocycles. The van der Waals surface area contributed by atoms with Crippen molar-refractivity contribution in [1.82, 2.24) is 31.5 Å². The van der Waals surface area contributed by atoms with Gasteiger partial charge in [0.15, 0.2) is 12.2 Å². The first-order valence-corrected chi connectivity index (χ1v) is 23.5. The highest BCUT2D eigenvalue weighted by Crippen LogP contribution is 2.11. The fourth-order valence-electron chi connectivity index (χ4n) is 6.16. The smallest absolute Gasteiger partial charge is 0.330 e. The van der Waals surface area contributed by atoms with Gasteiger partial charge in [0, 0.05) is 45.9 Å². The van der Waals surface area contributed by atoms with Crippen molar-refractivity contribution in [2.24, 2.45) is 17.8 Å². The maximum Gasteiger partial charge on any atom is 0.330 e. The average Bonchev–Trinajstić information content (AvgIpc) is 3.27. The SMILES string of the molecule is CCOC(=O)C(C(=O)NCCCCCCNC(=O)N(CCCCCCNC(=O)C(C(=O)OCC)C(O)OCC)C(=O)NCCCCCCNC(=O)C(C(=O)OCC)C(=O)OCC)C(=O)OCC. The zero-order valence-electron chi connectivity index (χ0n) is 40.2. The number of amides is 7. The first kappa shape index (κ1) is 61.4. The molecular formula is C44H76N6O17. The minimum Gasteiger partial charge on any atom is -0.465 e. The van der Waals surface area contributed by atoms with Crippen LogP contribution in [0.4, 0.5) is 9.59 Å². The van der Waals surface area contributed by atoms with E-state index in [1.165, 1.54) is 0 Å². The molecular weight excluding hydrogens is 885 g/mol. The molecule has 0 bridgehead atoms. The van der Waals surface area contributed by atoms with Gasteiger partial charge in [0.05, 0.1) is 33.0 Å². The van der Waals surface area contributed by atoms with E-state index in [9.17, 15) is 53.1 Å². The molecule has 0 fully saturated rings. The van der Waals surface area contributed by atoms with Gasteiger partial charge in [-0.25, -0.2) is 14.5 Å². The number of esters is 5. The number of nitrogens with zero attached hydrogens (tertiary/aromatic N) is 1. The van der Waals surface area contributed by atoms with Gasteiger partial charge in [0.1, 0.15) is 0 Å². The third-order valence-corrected chi connectivity index (χ3v) is 9.52. The minimum atomic E-state index is -1.71. The predicted octanol–water partition coefficient (Wildman–Crippen LogP) is 1.76. The van der Waals surface area contributed by atoms with E-state index in [0.717, 1.165) is 4.90 Å². The van der Waals surface area contributed by atoms with Crippen molar-refractivity contribution < 1.29 is 81.5 Å². The Kier molecular flexibility index (Phi) is 35.3. The second-order valence-electron chi connectivity index (χ2n) is 14.7. The molecule has 2 atom stereocenters. The third kappa shape index (κ3) is 26.4. The first-order valence-electron chi connectivity index (χ1n) is 23.5. The number of carbonyl (C=O) groups excluding carboxylic acids is 10. The molecule has 2 unspecified atom stereocenters. The number of aliphatic hydroxyl groups excluding tert-OH is 1. The van der Waals surface area contributed by atoms with E-state index in [1.54, 1.807) is 41.5 Å². The van der Waals surface area contributed by atoms with Crippen LogP contribution in [-0.4, -0.2) is 155 Å². The topological polar surface area (TPSA) is 310 Å². The summed E-state index contributed by atoms with van der Waals surface area (Å²) in [7, 11) is 0. The van der Waals surface area contributed by atoms with Gasteiger partial charge in [-0.3, -0.25) is 38.4 Å². The normalized spacial score (nSPS) is 11.7. The number of ether oxygens (including phenoxy) is 6. The number of hydrogen-bond donors (Lipinski definition) is 6. The van der Waals surface area contributed by atoms with Gasteiger partial charge >= 0.3 is 41.9 Å². The van der Waals surface area contributed by atoms with Crippen LogP contribution < -0.4 is 26.6 Å². The molecule has 0 aliphatic heterocycles. The number of aliphatic hydroxyl groups is 1. The van der Waals surface area contributed by atoms with Gasteiger partial charge in [-0.2, -0.15) is 0 Å². The van der Waals surface area contributed by atoms with E-state index in [0.29, 0.717) is 77.0 Å². The summed E-state index contributed by atoms with van der Waals surface area (Å²) in [6.07, 6.45) is 5.25. The summed E-state index contributed by atoms with van der Waals surface area (Å²) in [5.41, 5.74) is 0. The molecule has 67 heavy (non-hydrogen) atoms. The number of hydrogen-bond acceptors (Lipinski definition) is 17. The monoisotopic (exact) mass is 961 g/mol. The minimum absolute atomic E-state index is 0.00768. The van der Waals surface area contributed by atoms with Gasteiger partial charge < -0.3 is 60.1 Å². The Morgan fingerprint density at radius 3 is 1.01 bits per heavy atom. The molecule has 23 nitrogen and oxygen atoms in total. The quantitative estimate of drug-likeness (QED) is 0.0170. The lowest BCUT2D eigenvalue weighted by molar-refractivity contribution is -0.179. The first-order chi connectivity index (χ1) is 32.2. The van der Waals surface area contributed by atoms with Gasteiger partial charge in [0.25, 0.3) is 0 Å². The molecule has 0 aromatic heterocycles. The van der Waals surface area contributed by atoms with Crippen LogP contribution in [0.3, 0.4) is 0 Å².